The van der Waals surface area contributed by atoms with Crippen LogP contribution in [0.25, 0.3) is 16.9 Å². The lowest BCUT2D eigenvalue weighted by Crippen LogP contribution is -2.19. The minimum atomic E-state index is -0.186. The molecule has 0 spiro atoms. The molecule has 4 rings (SSSR count). The average molecular weight is 479 g/mol. The lowest BCUT2D eigenvalue weighted by Gasteiger charge is -2.03. The van der Waals surface area contributed by atoms with Gasteiger partial charge in [0, 0.05) is 25.5 Å². The summed E-state index contributed by atoms with van der Waals surface area (Å²) in [6.45, 7) is 16.5. The van der Waals surface area contributed by atoms with Crippen LogP contribution in [0.2, 0.25) is 0 Å². The van der Waals surface area contributed by atoms with E-state index in [-0.39, 0.29) is 5.69 Å². The molecule has 0 amide bonds. The minimum Gasteiger partial charge on any atom is -0.497 e. The van der Waals surface area contributed by atoms with Crippen molar-refractivity contribution in [2.45, 2.75) is 27.3 Å². The minimum absolute atomic E-state index is 0.186. The van der Waals surface area contributed by atoms with E-state index in [4.69, 9.17) is 10.5 Å². The van der Waals surface area contributed by atoms with Crippen LogP contribution in [0.15, 0.2) is 70.4 Å². The summed E-state index contributed by atoms with van der Waals surface area (Å²) in [5, 5.41) is 0. The number of ether oxygens (including phenoxy) is 1. The van der Waals surface area contributed by atoms with Gasteiger partial charge in [0.1, 0.15) is 23.7 Å². The predicted octanol–water partition coefficient (Wildman–Crippen LogP) is 4.03. The Hall–Kier alpha value is -4.47. The van der Waals surface area contributed by atoms with E-state index in [2.05, 4.69) is 45.0 Å². The molecule has 4 aromatic rings. The second-order valence-electron chi connectivity index (χ2n) is 6.75. The maximum atomic E-state index is 11.5. The van der Waals surface area contributed by atoms with Gasteiger partial charge in [-0.05, 0) is 44.1 Å². The van der Waals surface area contributed by atoms with Crippen molar-refractivity contribution in [1.29, 1.82) is 0 Å². The van der Waals surface area contributed by atoms with Gasteiger partial charge in [-0.15, -0.1) is 0 Å². The summed E-state index contributed by atoms with van der Waals surface area (Å²) in [5.74, 6) is 1.80. The van der Waals surface area contributed by atoms with Crippen LogP contribution in [-0.4, -0.2) is 51.7 Å². The molecule has 0 aliphatic heterocycles. The van der Waals surface area contributed by atoms with Crippen molar-refractivity contribution in [2.24, 2.45) is 9.98 Å². The third-order valence-corrected chi connectivity index (χ3v) is 4.49. The lowest BCUT2D eigenvalue weighted by molar-refractivity contribution is 0.415. The van der Waals surface area contributed by atoms with Crippen molar-refractivity contribution < 1.29 is 4.74 Å². The zero-order valence-corrected chi connectivity index (χ0v) is 21.0. The van der Waals surface area contributed by atoms with Gasteiger partial charge in [-0.25, -0.2) is 14.8 Å². The average Bonchev–Trinajstić information content (AvgIpc) is 3.41. The van der Waals surface area contributed by atoms with Gasteiger partial charge in [0.25, 0.3) is 0 Å². The second-order valence-corrected chi connectivity index (χ2v) is 6.75. The van der Waals surface area contributed by atoms with E-state index in [0.29, 0.717) is 23.9 Å². The smallest absolute Gasteiger partial charge is 0.327 e. The van der Waals surface area contributed by atoms with E-state index in [0.717, 1.165) is 22.3 Å². The molecular weight excluding hydrogens is 444 g/mol. The number of pyridine rings is 1. The Kier molecular flexibility index (Phi) is 11.9. The fourth-order valence-electron chi connectivity index (χ4n) is 2.83. The number of nitrogens with zero attached hydrogens (tertiary/aromatic N) is 6. The molecule has 3 aromatic heterocycles. The van der Waals surface area contributed by atoms with E-state index in [1.165, 1.54) is 4.57 Å². The third-order valence-electron chi connectivity index (χ3n) is 4.49. The summed E-state index contributed by atoms with van der Waals surface area (Å²) in [6.07, 6.45) is 5.08. The molecule has 186 valence electrons. The van der Waals surface area contributed by atoms with E-state index in [1.54, 1.807) is 44.4 Å². The number of nitrogen functional groups attached to an aromatic ring is 1. The standard InChI is InChI=1S/C11H11N3O.C10H12N4O.C2H5N.C2H6/c1-8(12-2)14-7-13-10-5-4-9(15-3)6-11(10)14;1-7-9(11)14(10(15)13-7)6-8-3-2-4-12-5-8;1-3-2;1-2/h4-7H,1-2H2,3H3;2-5H,6,11H2,1H3,(H,13,15);1H2,2H3;1-2H3. The Balaban J connectivity index is 0.000000296. The first-order chi connectivity index (χ1) is 16.9. The Bertz CT molecular complexity index is 1290. The summed E-state index contributed by atoms with van der Waals surface area (Å²) in [7, 11) is 3.27. The summed E-state index contributed by atoms with van der Waals surface area (Å²) in [4.78, 5) is 29.4. The number of anilines is 1. The largest absolute Gasteiger partial charge is 0.497 e. The number of aliphatic imine (C=N–C) groups is 2. The van der Waals surface area contributed by atoms with Gasteiger partial charge in [0.2, 0.25) is 0 Å². The first kappa shape index (κ1) is 28.6. The van der Waals surface area contributed by atoms with Gasteiger partial charge in [0.15, 0.2) is 0 Å². The van der Waals surface area contributed by atoms with Crippen LogP contribution in [0, 0.1) is 6.92 Å². The Morgan fingerprint density at radius 1 is 1.26 bits per heavy atom. The zero-order chi connectivity index (χ0) is 26.4. The molecule has 0 bridgehead atoms. The number of hydrogen-bond donors (Lipinski definition) is 2. The molecule has 3 heterocycles. The molecule has 3 N–H and O–H groups in total. The number of aromatic nitrogens is 5. The first-order valence-electron chi connectivity index (χ1n) is 10.8. The molecule has 0 aliphatic carbocycles. The van der Waals surface area contributed by atoms with Crippen molar-refractivity contribution >= 4 is 36.1 Å². The number of methoxy groups -OCH3 is 1. The monoisotopic (exact) mass is 478 g/mol. The van der Waals surface area contributed by atoms with E-state index < -0.39 is 0 Å². The van der Waals surface area contributed by atoms with Crippen molar-refractivity contribution in [3.63, 3.8) is 0 Å². The molecule has 0 saturated carbocycles. The molecule has 0 radical (unpaired) electrons. The van der Waals surface area contributed by atoms with Gasteiger partial charge in [0.05, 0.1) is 30.4 Å². The molecule has 0 unspecified atom stereocenters. The number of benzene rings is 1. The van der Waals surface area contributed by atoms with Crippen LogP contribution in [0.4, 0.5) is 5.82 Å². The first-order valence-corrected chi connectivity index (χ1v) is 10.8. The lowest BCUT2D eigenvalue weighted by atomic mass is 10.3. The second kappa shape index (κ2) is 14.6. The zero-order valence-electron chi connectivity index (χ0n) is 21.0. The molecule has 0 aliphatic rings. The van der Waals surface area contributed by atoms with Crippen LogP contribution in [0.3, 0.4) is 0 Å². The highest BCUT2D eigenvalue weighted by atomic mass is 16.5. The molecule has 0 fully saturated rings. The van der Waals surface area contributed by atoms with Gasteiger partial charge >= 0.3 is 5.69 Å². The molecule has 10 heteroatoms. The molecule has 35 heavy (non-hydrogen) atoms. The maximum absolute atomic E-state index is 11.5. The van der Waals surface area contributed by atoms with Crippen LogP contribution >= 0.6 is 0 Å². The Labute approximate surface area is 205 Å². The molecule has 0 atom stereocenters. The highest BCUT2D eigenvalue weighted by molar-refractivity contribution is 5.80. The van der Waals surface area contributed by atoms with Crippen molar-refractivity contribution in [2.75, 3.05) is 19.9 Å². The summed E-state index contributed by atoms with van der Waals surface area (Å²) < 4.78 is 8.40. The maximum Gasteiger partial charge on any atom is 0.327 e. The fraction of sp³-hybridized carbons (Fsp3) is 0.240. The topological polar surface area (TPSA) is 128 Å². The highest BCUT2D eigenvalue weighted by Gasteiger charge is 2.07. The van der Waals surface area contributed by atoms with Gasteiger partial charge < -0.3 is 20.4 Å². The third kappa shape index (κ3) is 7.81. The van der Waals surface area contributed by atoms with Gasteiger partial charge in [-0.3, -0.25) is 14.1 Å². The van der Waals surface area contributed by atoms with Crippen LogP contribution in [0.1, 0.15) is 25.1 Å². The van der Waals surface area contributed by atoms with E-state index >= 15 is 0 Å². The SMILES string of the molecule is C=NC.C=NC(=C)n1cnc2ccc(OC)cc21.CC.Cc1[nH]c(=O)n(Cc2cccnc2)c1N. The fourth-order valence-corrected chi connectivity index (χ4v) is 2.83. The summed E-state index contributed by atoms with van der Waals surface area (Å²) in [6, 6.07) is 9.38. The number of fused-ring (bicyclic) bond motifs is 1. The van der Waals surface area contributed by atoms with Crippen LogP contribution in [0.5, 0.6) is 5.75 Å². The summed E-state index contributed by atoms with van der Waals surface area (Å²) >= 11 is 0. The number of aromatic amines is 1. The molecule has 10 nitrogen and oxygen atoms in total. The number of imidazole rings is 2. The predicted molar refractivity (Wildman–Crippen MR) is 146 cm³/mol. The number of rotatable bonds is 5. The van der Waals surface area contributed by atoms with Crippen molar-refractivity contribution in [1.82, 2.24) is 24.1 Å². The van der Waals surface area contributed by atoms with E-state index in [1.807, 2.05) is 44.2 Å². The van der Waals surface area contributed by atoms with Crippen molar-refractivity contribution in [3.8, 4) is 5.75 Å². The quantitative estimate of drug-likeness (QED) is 0.419. The Morgan fingerprint density at radius 3 is 2.46 bits per heavy atom. The number of aryl methyl sites for hydroxylation is 1. The normalized spacial score (nSPS) is 9.40. The van der Waals surface area contributed by atoms with Crippen molar-refractivity contribution in [3.05, 3.63) is 77.4 Å². The molecule has 1 aromatic carbocycles. The molecular formula is C25H34N8O2. The van der Waals surface area contributed by atoms with Crippen LogP contribution in [-0.2, 0) is 6.54 Å². The highest BCUT2D eigenvalue weighted by Crippen LogP contribution is 2.22. The Morgan fingerprint density at radius 2 is 1.94 bits per heavy atom. The number of H-pyrrole nitrogens is 1. The number of nitrogens with two attached hydrogens (primary N) is 1. The van der Waals surface area contributed by atoms with E-state index in [9.17, 15) is 4.79 Å². The summed E-state index contributed by atoms with van der Waals surface area (Å²) in [5.41, 5.74) is 9.01. The van der Waals surface area contributed by atoms with Gasteiger partial charge in [-0.1, -0.05) is 26.5 Å². The van der Waals surface area contributed by atoms with Crippen LogP contribution < -0.4 is 16.2 Å². The number of nitrogens with one attached hydrogen (secondary N) is 1. The number of hydrogen-bond acceptors (Lipinski definition) is 7. The van der Waals surface area contributed by atoms with Gasteiger partial charge in [-0.2, -0.15) is 0 Å². The molecule has 0 saturated heterocycles.